The van der Waals surface area contributed by atoms with Crippen LogP contribution >= 0.6 is 11.6 Å². The molecule has 78 valence electrons. The minimum Gasteiger partial charge on any atom is -0.480 e. The summed E-state index contributed by atoms with van der Waals surface area (Å²) in [5.41, 5.74) is 6.99. The second-order valence-electron chi connectivity index (χ2n) is 3.24. The van der Waals surface area contributed by atoms with Crippen molar-refractivity contribution in [1.29, 1.82) is 0 Å². The summed E-state index contributed by atoms with van der Waals surface area (Å²) in [6.07, 6.45) is 1.59. The lowest BCUT2D eigenvalue weighted by molar-refractivity contribution is -0.137. The quantitative estimate of drug-likeness (QED) is 0.820. The molecule has 1 aromatic heterocycles. The average molecular weight is 225 g/mol. The molecule has 2 aromatic rings. The van der Waals surface area contributed by atoms with Crippen molar-refractivity contribution < 1.29 is 9.90 Å². The molecule has 2 rings (SSSR count). The predicted octanol–water partition coefficient (Wildman–Crippen LogP) is 1.96. The number of rotatable bonds is 2. The topological polar surface area (TPSA) is 68.2 Å². The Balaban J connectivity index is 2.68. The molecule has 1 heterocycles. The van der Waals surface area contributed by atoms with Crippen LogP contribution in [0.25, 0.3) is 10.9 Å². The van der Waals surface area contributed by atoms with E-state index in [1.807, 2.05) is 0 Å². The molecule has 0 saturated carbocycles. The van der Waals surface area contributed by atoms with Gasteiger partial charge in [-0.3, -0.25) is 4.79 Å². The van der Waals surface area contributed by atoms with Gasteiger partial charge in [0.05, 0.1) is 16.2 Å². The summed E-state index contributed by atoms with van der Waals surface area (Å²) in [5.74, 6) is -0.910. The zero-order chi connectivity index (χ0) is 11.0. The number of aromatic nitrogens is 1. The Kier molecular flexibility index (Phi) is 2.28. The second kappa shape index (κ2) is 3.47. The molecule has 0 amide bonds. The molecule has 0 unspecified atom stereocenters. The Morgan fingerprint density at radius 2 is 2.27 bits per heavy atom. The fraction of sp³-hybridized carbons (Fsp3) is 0.100. The molecule has 3 N–H and O–H groups in total. The van der Waals surface area contributed by atoms with Gasteiger partial charge in [0.1, 0.15) is 6.54 Å². The van der Waals surface area contributed by atoms with Gasteiger partial charge in [-0.2, -0.15) is 0 Å². The number of anilines is 1. The van der Waals surface area contributed by atoms with Gasteiger partial charge in [-0.15, -0.1) is 0 Å². The third-order valence-corrected chi connectivity index (χ3v) is 2.51. The lowest BCUT2D eigenvalue weighted by Gasteiger charge is -2.00. The van der Waals surface area contributed by atoms with E-state index >= 15 is 0 Å². The molecule has 0 aliphatic carbocycles. The van der Waals surface area contributed by atoms with Crippen LogP contribution in [-0.2, 0) is 11.3 Å². The van der Waals surface area contributed by atoms with E-state index in [1.165, 1.54) is 0 Å². The Labute approximate surface area is 90.9 Å². The number of benzene rings is 1. The first-order chi connectivity index (χ1) is 7.09. The number of hydrogen-bond donors (Lipinski definition) is 2. The summed E-state index contributed by atoms with van der Waals surface area (Å²) in [7, 11) is 0. The summed E-state index contributed by atoms with van der Waals surface area (Å²) >= 11 is 5.97. The normalized spacial score (nSPS) is 10.7. The lowest BCUT2D eigenvalue weighted by Crippen LogP contribution is -2.07. The molecule has 4 nitrogen and oxygen atoms in total. The SMILES string of the molecule is Nc1cn(CC(=O)O)c2cccc(Cl)c12. The molecule has 0 aliphatic heterocycles. The van der Waals surface area contributed by atoms with Gasteiger partial charge in [0.15, 0.2) is 0 Å². The summed E-state index contributed by atoms with van der Waals surface area (Å²) < 4.78 is 1.57. The molecule has 0 aliphatic rings. The number of fused-ring (bicyclic) bond motifs is 1. The molecule has 0 fully saturated rings. The highest BCUT2D eigenvalue weighted by Gasteiger charge is 2.10. The lowest BCUT2D eigenvalue weighted by atomic mass is 10.2. The summed E-state index contributed by atoms with van der Waals surface area (Å²) in [6.45, 7) is -0.117. The number of aliphatic carboxylic acids is 1. The highest BCUT2D eigenvalue weighted by Crippen LogP contribution is 2.30. The van der Waals surface area contributed by atoms with E-state index in [0.717, 1.165) is 5.52 Å². The van der Waals surface area contributed by atoms with Crippen molar-refractivity contribution in [2.24, 2.45) is 0 Å². The highest BCUT2D eigenvalue weighted by atomic mass is 35.5. The van der Waals surface area contributed by atoms with Crippen LogP contribution in [0, 0.1) is 0 Å². The molecule has 0 atom stereocenters. The largest absolute Gasteiger partial charge is 0.480 e. The van der Waals surface area contributed by atoms with Crippen LogP contribution in [0.2, 0.25) is 5.02 Å². The van der Waals surface area contributed by atoms with E-state index in [-0.39, 0.29) is 6.54 Å². The van der Waals surface area contributed by atoms with Crippen LogP contribution in [0.4, 0.5) is 5.69 Å². The number of halogens is 1. The van der Waals surface area contributed by atoms with Crippen LogP contribution in [0.1, 0.15) is 0 Å². The van der Waals surface area contributed by atoms with Gasteiger partial charge in [-0.25, -0.2) is 0 Å². The van der Waals surface area contributed by atoms with E-state index < -0.39 is 5.97 Å². The Hall–Kier alpha value is -1.68. The first kappa shape index (κ1) is 9.86. The third-order valence-electron chi connectivity index (χ3n) is 2.19. The molecule has 15 heavy (non-hydrogen) atoms. The molecule has 1 aromatic carbocycles. The highest BCUT2D eigenvalue weighted by molar-refractivity contribution is 6.36. The number of carboxylic acid groups (broad SMARTS) is 1. The number of nitrogens with two attached hydrogens (primary N) is 1. The molecule has 0 saturated heterocycles. The van der Waals surface area contributed by atoms with E-state index in [9.17, 15) is 4.79 Å². The first-order valence-corrected chi connectivity index (χ1v) is 4.72. The number of carboxylic acids is 1. The third kappa shape index (κ3) is 1.64. The van der Waals surface area contributed by atoms with E-state index in [0.29, 0.717) is 16.1 Å². The molecule has 5 heteroatoms. The monoisotopic (exact) mass is 224 g/mol. The van der Waals surface area contributed by atoms with Crippen molar-refractivity contribution in [2.45, 2.75) is 6.54 Å². The summed E-state index contributed by atoms with van der Waals surface area (Å²) in [5, 5.41) is 9.96. The van der Waals surface area contributed by atoms with Gasteiger partial charge >= 0.3 is 5.97 Å². The van der Waals surface area contributed by atoms with Gasteiger partial charge in [0.2, 0.25) is 0 Å². The molecule has 0 radical (unpaired) electrons. The second-order valence-corrected chi connectivity index (χ2v) is 3.65. The number of nitrogen functional groups attached to an aromatic ring is 1. The van der Waals surface area contributed by atoms with Crippen LogP contribution in [0.5, 0.6) is 0 Å². The van der Waals surface area contributed by atoms with Gasteiger partial charge in [0.25, 0.3) is 0 Å². The zero-order valence-corrected chi connectivity index (χ0v) is 8.53. The van der Waals surface area contributed by atoms with Crippen LogP contribution in [-0.4, -0.2) is 15.6 Å². The van der Waals surface area contributed by atoms with Crippen LogP contribution in [0.15, 0.2) is 24.4 Å². The minimum atomic E-state index is -0.910. The van der Waals surface area contributed by atoms with Crippen molar-refractivity contribution in [3.8, 4) is 0 Å². The fourth-order valence-corrected chi connectivity index (χ4v) is 1.90. The maximum Gasteiger partial charge on any atom is 0.323 e. The summed E-state index contributed by atoms with van der Waals surface area (Å²) in [6, 6.07) is 5.29. The Bertz CT molecular complexity index is 533. The van der Waals surface area contributed by atoms with E-state index in [4.69, 9.17) is 22.4 Å². The molecule has 0 spiro atoms. The number of carbonyl (C=O) groups is 1. The Morgan fingerprint density at radius 3 is 2.93 bits per heavy atom. The number of nitrogens with zero attached hydrogens (tertiary/aromatic N) is 1. The van der Waals surface area contributed by atoms with Crippen molar-refractivity contribution in [3.05, 3.63) is 29.4 Å². The van der Waals surface area contributed by atoms with Gasteiger partial charge < -0.3 is 15.4 Å². The predicted molar refractivity (Wildman–Crippen MR) is 59.0 cm³/mol. The zero-order valence-electron chi connectivity index (χ0n) is 7.77. The average Bonchev–Trinajstić information content (AvgIpc) is 2.44. The molecule has 0 bridgehead atoms. The van der Waals surface area contributed by atoms with Crippen molar-refractivity contribution in [3.63, 3.8) is 0 Å². The minimum absolute atomic E-state index is 0.117. The van der Waals surface area contributed by atoms with Crippen molar-refractivity contribution >= 4 is 34.2 Å². The standard InChI is InChI=1S/C10H9ClN2O2/c11-6-2-1-3-8-10(6)7(12)4-13(8)5-9(14)15/h1-4H,5,12H2,(H,14,15). The first-order valence-electron chi connectivity index (χ1n) is 4.34. The van der Waals surface area contributed by atoms with Gasteiger partial charge in [-0.1, -0.05) is 17.7 Å². The van der Waals surface area contributed by atoms with Crippen LogP contribution < -0.4 is 5.73 Å². The van der Waals surface area contributed by atoms with E-state index in [1.54, 1.807) is 29.0 Å². The van der Waals surface area contributed by atoms with Gasteiger partial charge in [0, 0.05) is 11.6 Å². The van der Waals surface area contributed by atoms with E-state index in [2.05, 4.69) is 0 Å². The van der Waals surface area contributed by atoms with Gasteiger partial charge in [-0.05, 0) is 12.1 Å². The number of hydrogen-bond acceptors (Lipinski definition) is 2. The summed E-state index contributed by atoms with van der Waals surface area (Å²) in [4.78, 5) is 10.6. The molecular formula is C10H9ClN2O2. The smallest absolute Gasteiger partial charge is 0.323 e. The van der Waals surface area contributed by atoms with Crippen molar-refractivity contribution in [2.75, 3.05) is 5.73 Å². The maximum atomic E-state index is 10.6. The molecular weight excluding hydrogens is 216 g/mol. The van der Waals surface area contributed by atoms with Crippen molar-refractivity contribution in [1.82, 2.24) is 4.57 Å². The fourth-order valence-electron chi connectivity index (χ4n) is 1.62. The Morgan fingerprint density at radius 1 is 1.53 bits per heavy atom. The van der Waals surface area contributed by atoms with Crippen LogP contribution in [0.3, 0.4) is 0 Å². The maximum absolute atomic E-state index is 10.6.